The second kappa shape index (κ2) is 10.3. The fourth-order valence-corrected chi connectivity index (χ4v) is 4.51. The summed E-state index contributed by atoms with van der Waals surface area (Å²) in [6, 6.07) is 14.3. The molecule has 5 aliphatic heterocycles. The number of hydrogen-bond acceptors (Lipinski definition) is 8. The van der Waals surface area contributed by atoms with Gasteiger partial charge in [0.15, 0.2) is 0 Å². The summed E-state index contributed by atoms with van der Waals surface area (Å²) in [5.41, 5.74) is 3.85. The van der Waals surface area contributed by atoms with E-state index in [9.17, 15) is 4.79 Å². The van der Waals surface area contributed by atoms with E-state index in [-0.39, 0.29) is 5.91 Å². The van der Waals surface area contributed by atoms with Gasteiger partial charge >= 0.3 is 0 Å². The van der Waals surface area contributed by atoms with Crippen LogP contribution in [0.25, 0.3) is 11.3 Å². The van der Waals surface area contributed by atoms with Gasteiger partial charge in [-0.3, -0.25) is 9.69 Å². The average molecular weight is 473 g/mol. The van der Waals surface area contributed by atoms with Gasteiger partial charge in [-0.15, -0.1) is 0 Å². The van der Waals surface area contributed by atoms with Crippen LogP contribution in [-0.4, -0.2) is 90.6 Å². The van der Waals surface area contributed by atoms with E-state index in [4.69, 9.17) is 4.98 Å². The maximum absolute atomic E-state index is 12.8. The molecule has 182 valence electrons. The zero-order valence-electron chi connectivity index (χ0n) is 20.4. The first-order valence-electron chi connectivity index (χ1n) is 12.1. The van der Waals surface area contributed by atoms with Gasteiger partial charge in [-0.05, 0) is 42.8 Å². The van der Waals surface area contributed by atoms with Crippen molar-refractivity contribution in [3.05, 3.63) is 54.9 Å². The Kier molecular flexibility index (Phi) is 6.76. The maximum Gasteiger partial charge on any atom is 0.236 e. The maximum atomic E-state index is 12.8. The first-order valence-corrected chi connectivity index (χ1v) is 12.1. The number of amides is 1. The van der Waals surface area contributed by atoms with Gasteiger partial charge in [0.2, 0.25) is 11.9 Å². The van der Waals surface area contributed by atoms with E-state index >= 15 is 0 Å². The first kappa shape index (κ1) is 23.0. The Balaban J connectivity index is 1.42. The van der Waals surface area contributed by atoms with E-state index in [0.29, 0.717) is 12.5 Å². The zero-order chi connectivity index (χ0) is 24.2. The van der Waals surface area contributed by atoms with Crippen molar-refractivity contribution >= 4 is 29.0 Å². The SMILES string of the molecule is CN1CCCN(C)c2ccc(cn2)-c2ccnc(n2)Nc2cccc(c2)N2CCN(CC2)CC1=O. The lowest BCUT2D eigenvalue weighted by molar-refractivity contribution is -0.131. The molecule has 1 saturated heterocycles. The summed E-state index contributed by atoms with van der Waals surface area (Å²) in [4.78, 5) is 35.1. The zero-order valence-corrected chi connectivity index (χ0v) is 20.4. The van der Waals surface area contributed by atoms with Crippen molar-refractivity contribution in [3.63, 3.8) is 0 Å². The Labute approximate surface area is 206 Å². The van der Waals surface area contributed by atoms with Crippen molar-refractivity contribution in [2.24, 2.45) is 0 Å². The third-order valence-corrected chi connectivity index (χ3v) is 6.70. The van der Waals surface area contributed by atoms with Crippen LogP contribution in [0.15, 0.2) is 54.9 Å². The predicted octanol–water partition coefficient (Wildman–Crippen LogP) is 2.70. The second-order valence-electron chi connectivity index (χ2n) is 9.20. The minimum atomic E-state index is 0.179. The first-order chi connectivity index (χ1) is 17.0. The lowest BCUT2D eigenvalue weighted by atomic mass is 10.2. The molecule has 0 radical (unpaired) electrons. The number of piperazine rings is 1. The molecule has 2 aromatic heterocycles. The molecule has 1 aromatic carbocycles. The monoisotopic (exact) mass is 472 g/mol. The van der Waals surface area contributed by atoms with Gasteiger partial charge in [-0.1, -0.05) is 6.07 Å². The van der Waals surface area contributed by atoms with Crippen LogP contribution in [0.4, 0.5) is 23.1 Å². The van der Waals surface area contributed by atoms with Crippen molar-refractivity contribution in [1.82, 2.24) is 24.8 Å². The molecule has 0 aliphatic carbocycles. The summed E-state index contributed by atoms with van der Waals surface area (Å²) in [7, 11) is 3.93. The summed E-state index contributed by atoms with van der Waals surface area (Å²) < 4.78 is 0. The molecule has 3 aromatic rings. The van der Waals surface area contributed by atoms with Gasteiger partial charge in [0, 0.05) is 82.7 Å². The average Bonchev–Trinajstić information content (AvgIpc) is 2.89. The van der Waals surface area contributed by atoms with Gasteiger partial charge in [-0.25, -0.2) is 15.0 Å². The van der Waals surface area contributed by atoms with Crippen LogP contribution < -0.4 is 15.1 Å². The van der Waals surface area contributed by atoms with Gasteiger partial charge in [0.05, 0.1) is 12.2 Å². The van der Waals surface area contributed by atoms with Crippen LogP contribution >= 0.6 is 0 Å². The van der Waals surface area contributed by atoms with Crippen molar-refractivity contribution in [2.45, 2.75) is 6.42 Å². The topological polar surface area (TPSA) is 80.7 Å². The largest absolute Gasteiger partial charge is 0.369 e. The van der Waals surface area contributed by atoms with Gasteiger partial charge in [0.1, 0.15) is 5.82 Å². The number of carbonyl (C=O) groups is 1. The standard InChI is InChI=1S/C26H32N8O/c1-31-11-4-12-32(2)25(35)19-33-13-15-34(16-14-33)22-6-3-5-21(17-22)29-26-27-10-9-23(30-26)20-7-8-24(31)28-18-20/h3,5-10,17-18H,4,11-16,19H2,1-2H3,(H,27,29,30). The van der Waals surface area contributed by atoms with E-state index in [1.54, 1.807) is 6.20 Å². The predicted molar refractivity (Wildman–Crippen MR) is 139 cm³/mol. The highest BCUT2D eigenvalue weighted by Gasteiger charge is 2.21. The van der Waals surface area contributed by atoms with Crippen molar-refractivity contribution in [2.75, 3.05) is 75.0 Å². The molecule has 9 heteroatoms. The number of rotatable bonds is 0. The van der Waals surface area contributed by atoms with Gasteiger partial charge in [0.25, 0.3) is 0 Å². The Morgan fingerprint density at radius 1 is 0.886 bits per heavy atom. The van der Waals surface area contributed by atoms with Crippen LogP contribution in [-0.2, 0) is 4.79 Å². The third kappa shape index (κ3) is 5.51. The van der Waals surface area contributed by atoms with Crippen LogP contribution in [0.2, 0.25) is 0 Å². The van der Waals surface area contributed by atoms with E-state index in [0.717, 1.165) is 74.1 Å². The molecule has 9 nitrogen and oxygen atoms in total. The Morgan fingerprint density at radius 2 is 1.71 bits per heavy atom. The molecule has 1 fully saturated rings. The molecule has 1 amide bonds. The number of aromatic nitrogens is 3. The minimum absolute atomic E-state index is 0.179. The van der Waals surface area contributed by atoms with Gasteiger partial charge < -0.3 is 20.0 Å². The van der Waals surface area contributed by atoms with Crippen LogP contribution in [0, 0.1) is 0 Å². The summed E-state index contributed by atoms with van der Waals surface area (Å²) in [6.07, 6.45) is 4.50. The molecule has 5 aliphatic rings. The number of benzene rings is 1. The molecule has 0 saturated carbocycles. The molecule has 8 rings (SSSR count). The fourth-order valence-electron chi connectivity index (χ4n) is 4.51. The number of nitrogens with one attached hydrogen (secondary N) is 1. The van der Waals surface area contributed by atoms with Gasteiger partial charge in [-0.2, -0.15) is 0 Å². The number of carbonyl (C=O) groups excluding carboxylic acids is 1. The number of anilines is 4. The number of hydrogen-bond donors (Lipinski definition) is 1. The number of nitrogens with zero attached hydrogens (tertiary/aromatic N) is 7. The third-order valence-electron chi connectivity index (χ3n) is 6.70. The highest BCUT2D eigenvalue weighted by atomic mass is 16.2. The second-order valence-corrected chi connectivity index (χ2v) is 9.20. The normalized spacial score (nSPS) is 17.7. The molecule has 35 heavy (non-hydrogen) atoms. The summed E-state index contributed by atoms with van der Waals surface area (Å²) in [5.74, 6) is 1.63. The van der Waals surface area contributed by atoms with E-state index in [1.807, 2.05) is 55.5 Å². The highest BCUT2D eigenvalue weighted by Crippen LogP contribution is 2.24. The molecule has 1 N–H and O–H groups in total. The minimum Gasteiger partial charge on any atom is -0.369 e. The number of pyridine rings is 1. The van der Waals surface area contributed by atoms with E-state index in [1.165, 1.54) is 0 Å². The molecule has 0 atom stereocenters. The number of likely N-dealkylation sites (N-methyl/N-ethyl adjacent to an activating group) is 1. The Morgan fingerprint density at radius 3 is 2.51 bits per heavy atom. The Bertz CT molecular complexity index is 1160. The van der Waals surface area contributed by atoms with E-state index in [2.05, 4.69) is 42.1 Å². The quantitative estimate of drug-likeness (QED) is 0.535. The van der Waals surface area contributed by atoms with E-state index < -0.39 is 0 Å². The fraction of sp³-hybridized carbons (Fsp3) is 0.385. The highest BCUT2D eigenvalue weighted by molar-refractivity contribution is 5.78. The van der Waals surface area contributed by atoms with Crippen LogP contribution in [0.5, 0.6) is 0 Å². The summed E-state index contributed by atoms with van der Waals surface area (Å²) >= 11 is 0. The van der Waals surface area contributed by atoms with Crippen molar-refractivity contribution in [1.29, 1.82) is 0 Å². The van der Waals surface area contributed by atoms with Crippen molar-refractivity contribution < 1.29 is 4.79 Å². The van der Waals surface area contributed by atoms with Crippen LogP contribution in [0.1, 0.15) is 6.42 Å². The summed E-state index contributed by atoms with van der Waals surface area (Å²) in [6.45, 7) is 5.53. The summed E-state index contributed by atoms with van der Waals surface area (Å²) in [5, 5.41) is 3.35. The van der Waals surface area contributed by atoms with Crippen LogP contribution in [0.3, 0.4) is 0 Å². The lowest BCUT2D eigenvalue weighted by Crippen LogP contribution is -2.49. The molecular weight excluding hydrogens is 440 g/mol. The molecule has 8 bridgehead atoms. The molecule has 7 heterocycles. The van der Waals surface area contributed by atoms with Crippen molar-refractivity contribution in [3.8, 4) is 11.3 Å². The molecule has 0 unspecified atom stereocenters. The Hall–Kier alpha value is -3.72. The smallest absolute Gasteiger partial charge is 0.236 e. The lowest BCUT2D eigenvalue weighted by Gasteiger charge is -2.36. The molecular formula is C26H32N8O. The molecule has 0 spiro atoms.